The van der Waals surface area contributed by atoms with Crippen LogP contribution >= 0.6 is 11.6 Å². The number of aromatic nitrogens is 3. The second kappa shape index (κ2) is 8.51. The minimum Gasteiger partial charge on any atom is -0.495 e. The SMILES string of the molecule is COc1ccccc1N1CCN(C(=O)c2ccn3c(-c4ccc(Cl)cc4)nnc3c2)CC1. The summed E-state index contributed by atoms with van der Waals surface area (Å²) in [6, 6.07) is 19.0. The molecule has 0 radical (unpaired) electrons. The molecule has 1 aliphatic rings. The van der Waals surface area contributed by atoms with Gasteiger partial charge in [-0.05, 0) is 48.5 Å². The Morgan fingerprint density at radius 1 is 0.969 bits per heavy atom. The molecule has 2 aromatic carbocycles. The summed E-state index contributed by atoms with van der Waals surface area (Å²) in [7, 11) is 1.68. The molecule has 7 nitrogen and oxygen atoms in total. The van der Waals surface area contributed by atoms with Crippen molar-refractivity contribution in [1.29, 1.82) is 0 Å². The molecule has 0 aliphatic carbocycles. The first-order chi connectivity index (χ1) is 15.6. The predicted octanol–water partition coefficient (Wildman–Crippen LogP) is 4.02. The quantitative estimate of drug-likeness (QED) is 0.473. The zero-order valence-corrected chi connectivity index (χ0v) is 18.4. The maximum Gasteiger partial charge on any atom is 0.254 e. The number of piperazine rings is 1. The van der Waals surface area contributed by atoms with Gasteiger partial charge in [0.2, 0.25) is 0 Å². The van der Waals surface area contributed by atoms with Gasteiger partial charge < -0.3 is 14.5 Å². The lowest BCUT2D eigenvalue weighted by Crippen LogP contribution is -2.48. The van der Waals surface area contributed by atoms with Crippen LogP contribution in [-0.2, 0) is 0 Å². The zero-order chi connectivity index (χ0) is 22.1. The molecule has 1 saturated heterocycles. The number of methoxy groups -OCH3 is 1. The molecule has 32 heavy (non-hydrogen) atoms. The van der Waals surface area contributed by atoms with Crippen LogP contribution < -0.4 is 9.64 Å². The van der Waals surface area contributed by atoms with Crippen LogP contribution in [0.5, 0.6) is 5.75 Å². The van der Waals surface area contributed by atoms with Gasteiger partial charge in [0.05, 0.1) is 12.8 Å². The molecule has 162 valence electrons. The summed E-state index contributed by atoms with van der Waals surface area (Å²) in [5.74, 6) is 1.56. The number of hydrogen-bond donors (Lipinski definition) is 0. The summed E-state index contributed by atoms with van der Waals surface area (Å²) in [6.45, 7) is 2.79. The summed E-state index contributed by atoms with van der Waals surface area (Å²) < 4.78 is 7.35. The molecule has 1 fully saturated rings. The van der Waals surface area contributed by atoms with Crippen molar-refractivity contribution in [2.24, 2.45) is 0 Å². The summed E-state index contributed by atoms with van der Waals surface area (Å²) in [5, 5.41) is 9.23. The number of ether oxygens (including phenoxy) is 1. The minimum absolute atomic E-state index is 0.00298. The Labute approximate surface area is 190 Å². The first-order valence-electron chi connectivity index (χ1n) is 10.4. The number of anilines is 1. The third-order valence-corrected chi connectivity index (χ3v) is 6.00. The van der Waals surface area contributed by atoms with Crippen LogP contribution in [-0.4, -0.2) is 58.7 Å². The minimum atomic E-state index is 0.00298. The summed E-state index contributed by atoms with van der Waals surface area (Å²) in [4.78, 5) is 17.3. The van der Waals surface area contributed by atoms with E-state index >= 15 is 0 Å². The van der Waals surface area contributed by atoms with Crippen molar-refractivity contribution in [2.45, 2.75) is 0 Å². The van der Waals surface area contributed by atoms with Gasteiger partial charge in [0.25, 0.3) is 5.91 Å². The van der Waals surface area contributed by atoms with Crippen molar-refractivity contribution in [2.75, 3.05) is 38.2 Å². The highest BCUT2D eigenvalue weighted by Gasteiger charge is 2.24. The van der Waals surface area contributed by atoms with E-state index in [0.29, 0.717) is 35.1 Å². The largest absolute Gasteiger partial charge is 0.495 e. The van der Waals surface area contributed by atoms with E-state index in [1.807, 2.05) is 70.1 Å². The molecule has 8 heteroatoms. The third kappa shape index (κ3) is 3.76. The molecule has 0 atom stereocenters. The summed E-state index contributed by atoms with van der Waals surface area (Å²) in [6.07, 6.45) is 1.84. The number of benzene rings is 2. The third-order valence-electron chi connectivity index (χ3n) is 5.75. The Bertz CT molecular complexity index is 1260. The Morgan fingerprint density at radius 2 is 1.72 bits per heavy atom. The fourth-order valence-corrected chi connectivity index (χ4v) is 4.17. The molecular formula is C24H22ClN5O2. The lowest BCUT2D eigenvalue weighted by atomic mass is 10.2. The molecule has 1 aliphatic heterocycles. The van der Waals surface area contributed by atoms with Gasteiger partial charge >= 0.3 is 0 Å². The van der Waals surface area contributed by atoms with E-state index in [1.54, 1.807) is 13.2 Å². The summed E-state index contributed by atoms with van der Waals surface area (Å²) in [5.41, 5.74) is 3.21. The number of hydrogen-bond acceptors (Lipinski definition) is 5. The van der Waals surface area contributed by atoms with Gasteiger partial charge in [-0.2, -0.15) is 0 Å². The molecule has 0 spiro atoms. The standard InChI is InChI=1S/C24H22ClN5O2/c1-32-21-5-3-2-4-20(21)28-12-14-29(15-13-28)24(31)18-10-11-30-22(16-18)26-27-23(30)17-6-8-19(25)9-7-17/h2-11,16H,12-15H2,1H3. The number of amides is 1. The Balaban J connectivity index is 1.32. The number of carbonyl (C=O) groups is 1. The van der Waals surface area contributed by atoms with Gasteiger partial charge in [0.15, 0.2) is 11.5 Å². The van der Waals surface area contributed by atoms with Gasteiger partial charge in [0.1, 0.15) is 5.75 Å². The smallest absolute Gasteiger partial charge is 0.254 e. The Morgan fingerprint density at radius 3 is 2.47 bits per heavy atom. The number of pyridine rings is 1. The van der Waals surface area contributed by atoms with Crippen LogP contribution in [0, 0.1) is 0 Å². The first-order valence-corrected chi connectivity index (χ1v) is 10.8. The van der Waals surface area contributed by atoms with Crippen LogP contribution in [0.4, 0.5) is 5.69 Å². The zero-order valence-electron chi connectivity index (χ0n) is 17.6. The monoisotopic (exact) mass is 447 g/mol. The highest BCUT2D eigenvalue weighted by molar-refractivity contribution is 6.30. The molecule has 3 heterocycles. The van der Waals surface area contributed by atoms with Crippen LogP contribution in [0.3, 0.4) is 0 Å². The van der Waals surface area contributed by atoms with E-state index in [1.165, 1.54) is 0 Å². The number of carbonyl (C=O) groups excluding carboxylic acids is 1. The Hall–Kier alpha value is -3.58. The van der Waals surface area contributed by atoms with Gasteiger partial charge in [-0.3, -0.25) is 9.20 Å². The molecular weight excluding hydrogens is 426 g/mol. The van der Waals surface area contributed by atoms with E-state index in [2.05, 4.69) is 15.1 Å². The van der Waals surface area contributed by atoms with E-state index in [-0.39, 0.29) is 5.91 Å². The molecule has 0 N–H and O–H groups in total. The fourth-order valence-electron chi connectivity index (χ4n) is 4.04. The molecule has 5 rings (SSSR count). The van der Waals surface area contributed by atoms with Crippen molar-refractivity contribution in [1.82, 2.24) is 19.5 Å². The lowest BCUT2D eigenvalue weighted by Gasteiger charge is -2.36. The van der Waals surface area contributed by atoms with Crippen molar-refractivity contribution >= 4 is 28.8 Å². The average Bonchev–Trinajstić information content (AvgIpc) is 3.27. The number of halogens is 1. The van der Waals surface area contributed by atoms with Crippen molar-refractivity contribution in [3.05, 3.63) is 77.4 Å². The van der Waals surface area contributed by atoms with Crippen molar-refractivity contribution in [3.8, 4) is 17.1 Å². The second-order valence-corrected chi connectivity index (χ2v) is 8.06. The van der Waals surface area contributed by atoms with Gasteiger partial charge in [-0.25, -0.2) is 0 Å². The van der Waals surface area contributed by atoms with Crippen LogP contribution in [0.2, 0.25) is 5.02 Å². The van der Waals surface area contributed by atoms with E-state index < -0.39 is 0 Å². The van der Waals surface area contributed by atoms with Crippen LogP contribution in [0.1, 0.15) is 10.4 Å². The Kier molecular flexibility index (Phi) is 5.41. The van der Waals surface area contributed by atoms with E-state index in [0.717, 1.165) is 30.1 Å². The topological polar surface area (TPSA) is 63.0 Å². The maximum absolute atomic E-state index is 13.1. The van der Waals surface area contributed by atoms with Crippen LogP contribution in [0.15, 0.2) is 66.9 Å². The second-order valence-electron chi connectivity index (χ2n) is 7.63. The fraction of sp³-hybridized carbons (Fsp3) is 0.208. The highest BCUT2D eigenvalue weighted by atomic mass is 35.5. The first kappa shape index (κ1) is 20.3. The normalized spacial score (nSPS) is 14.1. The molecule has 0 saturated carbocycles. The van der Waals surface area contributed by atoms with Gasteiger partial charge in [-0.15, -0.1) is 10.2 Å². The molecule has 0 unspecified atom stereocenters. The predicted molar refractivity (Wildman–Crippen MR) is 125 cm³/mol. The van der Waals surface area contributed by atoms with Crippen LogP contribution in [0.25, 0.3) is 17.0 Å². The van der Waals surface area contributed by atoms with E-state index in [9.17, 15) is 4.79 Å². The number of fused-ring (bicyclic) bond motifs is 1. The highest BCUT2D eigenvalue weighted by Crippen LogP contribution is 2.28. The van der Waals surface area contributed by atoms with Gasteiger partial charge in [-0.1, -0.05) is 23.7 Å². The van der Waals surface area contributed by atoms with E-state index in [4.69, 9.17) is 16.3 Å². The molecule has 2 aromatic heterocycles. The van der Waals surface area contributed by atoms with Crippen molar-refractivity contribution in [3.63, 3.8) is 0 Å². The number of rotatable bonds is 4. The summed E-state index contributed by atoms with van der Waals surface area (Å²) >= 11 is 5.99. The molecule has 1 amide bonds. The van der Waals surface area contributed by atoms with Crippen molar-refractivity contribution < 1.29 is 9.53 Å². The molecule has 4 aromatic rings. The molecule has 0 bridgehead atoms. The maximum atomic E-state index is 13.1. The van der Waals surface area contributed by atoms with Gasteiger partial charge in [0, 0.05) is 48.5 Å². The lowest BCUT2D eigenvalue weighted by molar-refractivity contribution is 0.0746. The number of para-hydroxylation sites is 2. The number of nitrogens with zero attached hydrogens (tertiary/aromatic N) is 5. The average molecular weight is 448 g/mol.